The van der Waals surface area contributed by atoms with Crippen LogP contribution >= 0.6 is 15.9 Å². The number of halogens is 1. The number of esters is 3. The van der Waals surface area contributed by atoms with Gasteiger partial charge in [-0.05, 0) is 43.2 Å². The number of nitrogens with one attached hydrogen (secondary N) is 1. The molecule has 0 aliphatic rings. The molecule has 0 aliphatic carbocycles. The summed E-state index contributed by atoms with van der Waals surface area (Å²) in [6, 6.07) is 14.6. The Balaban J connectivity index is 2.00. The lowest BCUT2D eigenvalue weighted by molar-refractivity contribution is -0.168. The molecule has 8 heteroatoms. The average Bonchev–Trinajstić information content (AvgIpc) is 3.20. The van der Waals surface area contributed by atoms with Crippen LogP contribution in [0.4, 0.5) is 0 Å². The second-order valence-corrected chi connectivity index (χ2v) is 7.90. The quantitative estimate of drug-likeness (QED) is 0.263. The summed E-state index contributed by atoms with van der Waals surface area (Å²) in [7, 11) is 0. The third kappa shape index (κ3) is 5.37. The van der Waals surface area contributed by atoms with Crippen molar-refractivity contribution in [1.29, 1.82) is 0 Å². The number of H-pyrrole nitrogens is 1. The molecule has 3 aromatic rings. The molecule has 1 N–H and O–H groups in total. The molecule has 0 bridgehead atoms. The van der Waals surface area contributed by atoms with Gasteiger partial charge in [0.05, 0.1) is 13.2 Å². The van der Waals surface area contributed by atoms with Crippen LogP contribution in [0.3, 0.4) is 0 Å². The Morgan fingerprint density at radius 3 is 2.12 bits per heavy atom. The lowest BCUT2D eigenvalue weighted by atomic mass is 9.85. The fourth-order valence-electron chi connectivity index (χ4n) is 3.45. The predicted molar refractivity (Wildman–Crippen MR) is 122 cm³/mol. The maximum atomic E-state index is 13.3. The van der Waals surface area contributed by atoms with Gasteiger partial charge < -0.3 is 19.2 Å². The summed E-state index contributed by atoms with van der Waals surface area (Å²) in [4.78, 5) is 42.0. The first-order valence-electron chi connectivity index (χ1n) is 10.3. The smallest absolute Gasteiger partial charge is 0.321 e. The number of aromatic nitrogens is 1. The molecule has 0 spiro atoms. The van der Waals surface area contributed by atoms with Crippen molar-refractivity contribution in [3.8, 4) is 0 Å². The van der Waals surface area contributed by atoms with Crippen molar-refractivity contribution in [2.24, 2.45) is 5.92 Å². The zero-order valence-corrected chi connectivity index (χ0v) is 19.4. The van der Waals surface area contributed by atoms with Crippen molar-refractivity contribution in [2.75, 3.05) is 13.2 Å². The largest absolute Gasteiger partial charge is 0.465 e. The van der Waals surface area contributed by atoms with Crippen molar-refractivity contribution in [3.63, 3.8) is 0 Å². The van der Waals surface area contributed by atoms with E-state index >= 15 is 0 Å². The summed E-state index contributed by atoms with van der Waals surface area (Å²) >= 11 is 3.36. The van der Waals surface area contributed by atoms with Gasteiger partial charge in [-0.2, -0.15) is 0 Å². The number of fused-ring (bicyclic) bond motifs is 1. The molecule has 32 heavy (non-hydrogen) atoms. The minimum Gasteiger partial charge on any atom is -0.465 e. The molecule has 3 rings (SSSR count). The summed E-state index contributed by atoms with van der Waals surface area (Å²) in [5, 5.41) is 0.705. The summed E-state index contributed by atoms with van der Waals surface area (Å²) in [5.41, 5.74) is 2.00. The summed E-state index contributed by atoms with van der Waals surface area (Å²) in [6.45, 7) is 3.37. The lowest BCUT2D eigenvalue weighted by Gasteiger charge is -2.23. The first-order chi connectivity index (χ1) is 15.5. The molecule has 7 nitrogen and oxygen atoms in total. The molecule has 0 saturated carbocycles. The molecule has 0 saturated heterocycles. The number of rotatable bonds is 9. The first kappa shape index (κ1) is 23.5. The molecule has 0 fully saturated rings. The Bertz CT molecular complexity index is 1070. The molecule has 0 radical (unpaired) electrons. The molecule has 0 unspecified atom stereocenters. The topological polar surface area (TPSA) is 94.7 Å². The number of aromatic amines is 1. The summed E-state index contributed by atoms with van der Waals surface area (Å²) in [6.07, 6.45) is 1.61. The third-order valence-electron chi connectivity index (χ3n) is 4.92. The van der Waals surface area contributed by atoms with Crippen LogP contribution in [0.5, 0.6) is 0 Å². The van der Waals surface area contributed by atoms with Crippen LogP contribution in [-0.4, -0.2) is 36.1 Å². The standard InChI is InChI=1S/C24H24BrNO6/c1-3-30-23(28)21(24(29)31-4-2)20(18-13-26-19-8-6-5-7-17(18)19)22(27)32-14-15-9-11-16(25)12-10-15/h5-13,20-21,26H,3-4,14H2,1-2H3/t20-/m0/s1. The van der Waals surface area contributed by atoms with Gasteiger partial charge in [0.1, 0.15) is 12.5 Å². The monoisotopic (exact) mass is 501 g/mol. The van der Waals surface area contributed by atoms with E-state index in [0.717, 1.165) is 15.6 Å². The molecule has 1 aromatic heterocycles. The fraction of sp³-hybridized carbons (Fsp3) is 0.292. The summed E-state index contributed by atoms with van der Waals surface area (Å²) < 4.78 is 16.7. The van der Waals surface area contributed by atoms with Crippen LogP contribution in [0.15, 0.2) is 59.2 Å². The Labute approximate surface area is 194 Å². The van der Waals surface area contributed by atoms with E-state index < -0.39 is 29.7 Å². The highest BCUT2D eigenvalue weighted by Gasteiger charge is 2.44. The van der Waals surface area contributed by atoms with Gasteiger partial charge in [-0.1, -0.05) is 46.3 Å². The minimum atomic E-state index is -1.49. The van der Waals surface area contributed by atoms with E-state index in [1.165, 1.54) is 0 Å². The second kappa shape index (κ2) is 10.9. The normalized spacial score (nSPS) is 11.9. The van der Waals surface area contributed by atoms with Gasteiger partial charge in [-0.3, -0.25) is 14.4 Å². The maximum absolute atomic E-state index is 13.3. The highest BCUT2D eigenvalue weighted by Crippen LogP contribution is 2.34. The molecule has 168 valence electrons. The van der Waals surface area contributed by atoms with E-state index in [1.807, 2.05) is 48.5 Å². The van der Waals surface area contributed by atoms with Crippen molar-refractivity contribution in [3.05, 3.63) is 70.3 Å². The first-order valence-corrected chi connectivity index (χ1v) is 11.1. The zero-order valence-electron chi connectivity index (χ0n) is 17.8. The number of benzene rings is 2. The van der Waals surface area contributed by atoms with Crippen molar-refractivity contribution in [2.45, 2.75) is 26.4 Å². The van der Waals surface area contributed by atoms with E-state index in [4.69, 9.17) is 14.2 Å². The van der Waals surface area contributed by atoms with E-state index in [1.54, 1.807) is 20.0 Å². The van der Waals surface area contributed by atoms with Gasteiger partial charge in [0.2, 0.25) is 0 Å². The van der Waals surface area contributed by atoms with Gasteiger partial charge in [0.15, 0.2) is 5.92 Å². The number of carbonyl (C=O) groups excluding carboxylic acids is 3. The van der Waals surface area contributed by atoms with Crippen LogP contribution < -0.4 is 0 Å². The van der Waals surface area contributed by atoms with Crippen LogP contribution in [0.25, 0.3) is 10.9 Å². The van der Waals surface area contributed by atoms with E-state index in [0.29, 0.717) is 10.9 Å². The van der Waals surface area contributed by atoms with E-state index in [9.17, 15) is 14.4 Å². The van der Waals surface area contributed by atoms with Crippen LogP contribution in [0.2, 0.25) is 0 Å². The number of ether oxygens (including phenoxy) is 3. The number of hydrogen-bond acceptors (Lipinski definition) is 6. The van der Waals surface area contributed by atoms with Crippen LogP contribution in [0.1, 0.15) is 30.9 Å². The summed E-state index contributed by atoms with van der Waals surface area (Å²) in [5.74, 6) is -5.11. The molecule has 1 atom stereocenters. The van der Waals surface area contributed by atoms with E-state index in [-0.39, 0.29) is 19.8 Å². The van der Waals surface area contributed by atoms with Gasteiger partial charge in [0, 0.05) is 21.6 Å². The van der Waals surface area contributed by atoms with Crippen molar-refractivity contribution in [1.82, 2.24) is 4.98 Å². The highest BCUT2D eigenvalue weighted by atomic mass is 79.9. The van der Waals surface area contributed by atoms with Gasteiger partial charge in [-0.25, -0.2) is 0 Å². The number of carbonyl (C=O) groups is 3. The Hall–Kier alpha value is -3.13. The fourth-order valence-corrected chi connectivity index (χ4v) is 3.72. The third-order valence-corrected chi connectivity index (χ3v) is 5.45. The van der Waals surface area contributed by atoms with Crippen molar-refractivity contribution >= 4 is 44.7 Å². The van der Waals surface area contributed by atoms with Crippen LogP contribution in [-0.2, 0) is 35.2 Å². The van der Waals surface area contributed by atoms with Crippen LogP contribution in [0, 0.1) is 5.92 Å². The van der Waals surface area contributed by atoms with Gasteiger partial charge >= 0.3 is 17.9 Å². The highest BCUT2D eigenvalue weighted by molar-refractivity contribution is 9.10. The molecule has 0 aliphatic heterocycles. The molecule has 1 heterocycles. The van der Waals surface area contributed by atoms with Gasteiger partial charge in [0.25, 0.3) is 0 Å². The SMILES string of the molecule is CCOC(=O)C(C(=O)OCC)[C@@H](C(=O)OCc1ccc(Br)cc1)c1c[nH]c2ccccc12. The molecular weight excluding hydrogens is 478 g/mol. The molecular formula is C24H24BrNO6. The minimum absolute atomic E-state index is 0.0106. The maximum Gasteiger partial charge on any atom is 0.321 e. The van der Waals surface area contributed by atoms with E-state index in [2.05, 4.69) is 20.9 Å². The second-order valence-electron chi connectivity index (χ2n) is 6.98. The van der Waals surface area contributed by atoms with Crippen molar-refractivity contribution < 1.29 is 28.6 Å². The molecule has 0 amide bonds. The Kier molecular flexibility index (Phi) is 8.05. The average molecular weight is 502 g/mol. The zero-order chi connectivity index (χ0) is 23.1. The molecule has 2 aromatic carbocycles. The Morgan fingerprint density at radius 2 is 1.50 bits per heavy atom. The Morgan fingerprint density at radius 1 is 0.875 bits per heavy atom. The van der Waals surface area contributed by atoms with Gasteiger partial charge in [-0.15, -0.1) is 0 Å². The number of para-hydroxylation sites is 1. The lowest BCUT2D eigenvalue weighted by Crippen LogP contribution is -2.37. The number of hydrogen-bond donors (Lipinski definition) is 1. The predicted octanol–water partition coefficient (Wildman–Crippen LogP) is 4.50.